The quantitative estimate of drug-likeness (QED) is 0.519. The molecule has 1 fully saturated rings. The fourth-order valence-electron chi connectivity index (χ4n) is 2.89. The average Bonchev–Trinajstić information content (AvgIpc) is 3.02. The number of oxime groups is 1. The number of hydrogen-bond donors (Lipinski definition) is 1. The second-order valence-corrected chi connectivity index (χ2v) is 6.02. The van der Waals surface area contributed by atoms with E-state index in [0.29, 0.717) is 13.2 Å². The van der Waals surface area contributed by atoms with Crippen LogP contribution in [-0.2, 0) is 9.57 Å². The Hall–Kier alpha value is -2.28. The van der Waals surface area contributed by atoms with Crippen LogP contribution >= 0.6 is 0 Å². The van der Waals surface area contributed by atoms with E-state index in [-0.39, 0.29) is 18.2 Å². The van der Waals surface area contributed by atoms with Gasteiger partial charge in [0, 0.05) is 17.9 Å². The lowest BCUT2D eigenvalue weighted by molar-refractivity contribution is -0.162. The van der Waals surface area contributed by atoms with Crippen LogP contribution in [0.15, 0.2) is 34.5 Å². The first-order chi connectivity index (χ1) is 11.7. The van der Waals surface area contributed by atoms with Crippen molar-refractivity contribution in [3.05, 3.63) is 29.8 Å². The van der Waals surface area contributed by atoms with Crippen LogP contribution < -0.4 is 10.5 Å². The molecule has 1 saturated heterocycles. The molecule has 2 aliphatic heterocycles. The van der Waals surface area contributed by atoms with Gasteiger partial charge in [0.05, 0.1) is 26.0 Å². The maximum absolute atomic E-state index is 6.03. The van der Waals surface area contributed by atoms with Gasteiger partial charge >= 0.3 is 0 Å². The van der Waals surface area contributed by atoms with Gasteiger partial charge in [0.25, 0.3) is 5.96 Å². The van der Waals surface area contributed by atoms with Crippen LogP contribution in [0, 0.1) is 5.92 Å². The summed E-state index contributed by atoms with van der Waals surface area (Å²) in [5, 5.41) is 10.3. The fourth-order valence-corrected chi connectivity index (χ4v) is 2.89. The van der Waals surface area contributed by atoms with Crippen LogP contribution in [0.4, 0.5) is 0 Å². The van der Waals surface area contributed by atoms with Crippen molar-refractivity contribution in [2.24, 2.45) is 21.9 Å². The van der Waals surface area contributed by atoms with Crippen molar-refractivity contribution in [3.63, 3.8) is 0 Å². The Morgan fingerprint density at radius 2 is 2.21 bits per heavy atom. The molecule has 0 bridgehead atoms. The van der Waals surface area contributed by atoms with Crippen molar-refractivity contribution < 1.29 is 14.3 Å². The van der Waals surface area contributed by atoms with Gasteiger partial charge in [-0.05, 0) is 30.1 Å². The molecule has 2 N–H and O–H groups in total. The zero-order valence-corrected chi connectivity index (χ0v) is 14.1. The molecule has 1 aromatic carbocycles. The predicted octanol–water partition coefficient (Wildman–Crippen LogP) is 2.12. The molecule has 2 atom stereocenters. The highest BCUT2D eigenvalue weighted by molar-refractivity contribution is 6.06. The molecule has 24 heavy (non-hydrogen) atoms. The van der Waals surface area contributed by atoms with Gasteiger partial charge in [0.1, 0.15) is 5.75 Å². The van der Waals surface area contributed by atoms with E-state index >= 15 is 0 Å². The SMILES string of the molecule is COc1ccccc1C1=NN(/C(N)=N/OC2CCCCO2)CC1C. The minimum Gasteiger partial charge on any atom is -0.496 e. The molecule has 7 heteroatoms. The van der Waals surface area contributed by atoms with Crippen LogP contribution in [0.2, 0.25) is 0 Å². The van der Waals surface area contributed by atoms with Gasteiger partial charge in [-0.2, -0.15) is 5.10 Å². The van der Waals surface area contributed by atoms with Crippen molar-refractivity contribution in [1.29, 1.82) is 0 Å². The molecule has 2 heterocycles. The van der Waals surface area contributed by atoms with Gasteiger partial charge in [-0.1, -0.05) is 19.1 Å². The highest BCUT2D eigenvalue weighted by Crippen LogP contribution is 2.26. The molecule has 0 spiro atoms. The Bertz CT molecular complexity index is 626. The highest BCUT2D eigenvalue weighted by atomic mass is 16.8. The van der Waals surface area contributed by atoms with Gasteiger partial charge in [-0.25, -0.2) is 5.01 Å². The number of methoxy groups -OCH3 is 1. The number of guanidine groups is 1. The standard InChI is InChI=1S/C17H24N4O3/c1-12-11-21(17(18)20-24-15-9-5-6-10-23-15)19-16(12)13-7-3-4-8-14(13)22-2/h3-4,7-8,12,15H,5-6,9-11H2,1-2H3,(H2,18,20). The number of nitrogens with two attached hydrogens (primary N) is 1. The number of para-hydroxylation sites is 1. The minimum atomic E-state index is -0.310. The van der Waals surface area contributed by atoms with Crippen molar-refractivity contribution in [2.75, 3.05) is 20.3 Å². The van der Waals surface area contributed by atoms with Gasteiger partial charge in [0.2, 0.25) is 6.29 Å². The van der Waals surface area contributed by atoms with Crippen molar-refractivity contribution >= 4 is 11.7 Å². The summed E-state index contributed by atoms with van der Waals surface area (Å²) < 4.78 is 10.9. The van der Waals surface area contributed by atoms with Crippen LogP contribution in [0.25, 0.3) is 0 Å². The van der Waals surface area contributed by atoms with E-state index in [2.05, 4.69) is 17.2 Å². The summed E-state index contributed by atoms with van der Waals surface area (Å²) in [6.07, 6.45) is 2.67. The Labute approximate surface area is 142 Å². The third-order valence-electron chi connectivity index (χ3n) is 4.19. The van der Waals surface area contributed by atoms with Gasteiger partial charge in [-0.3, -0.25) is 0 Å². The first-order valence-electron chi connectivity index (χ1n) is 8.29. The molecule has 1 aromatic rings. The Morgan fingerprint density at radius 3 is 2.96 bits per heavy atom. The van der Waals surface area contributed by atoms with Crippen LogP contribution in [0.3, 0.4) is 0 Å². The lowest BCUT2D eigenvalue weighted by Crippen LogP contribution is -2.33. The molecule has 0 saturated carbocycles. The van der Waals surface area contributed by atoms with E-state index < -0.39 is 0 Å². The molecule has 7 nitrogen and oxygen atoms in total. The van der Waals surface area contributed by atoms with Crippen LogP contribution in [0.5, 0.6) is 5.75 Å². The maximum Gasteiger partial charge on any atom is 0.254 e. The Kier molecular flexibility index (Phi) is 5.20. The van der Waals surface area contributed by atoms with Gasteiger partial charge in [0.15, 0.2) is 0 Å². The lowest BCUT2D eigenvalue weighted by Gasteiger charge is -2.21. The Morgan fingerprint density at radius 1 is 1.38 bits per heavy atom. The molecule has 2 unspecified atom stereocenters. The maximum atomic E-state index is 6.03. The zero-order chi connectivity index (χ0) is 16.9. The highest BCUT2D eigenvalue weighted by Gasteiger charge is 2.28. The summed E-state index contributed by atoms with van der Waals surface area (Å²) in [5.41, 5.74) is 7.93. The van der Waals surface area contributed by atoms with Crippen LogP contribution in [-0.4, -0.2) is 43.2 Å². The third-order valence-corrected chi connectivity index (χ3v) is 4.19. The minimum absolute atomic E-state index is 0.209. The molecule has 3 rings (SSSR count). The first-order valence-corrected chi connectivity index (χ1v) is 8.29. The van der Waals surface area contributed by atoms with Crippen molar-refractivity contribution in [1.82, 2.24) is 5.01 Å². The smallest absolute Gasteiger partial charge is 0.254 e. The third kappa shape index (κ3) is 3.62. The van der Waals surface area contributed by atoms with E-state index in [1.54, 1.807) is 12.1 Å². The fraction of sp³-hybridized carbons (Fsp3) is 0.529. The predicted molar refractivity (Wildman–Crippen MR) is 91.7 cm³/mol. The van der Waals surface area contributed by atoms with E-state index in [4.69, 9.17) is 20.0 Å². The summed E-state index contributed by atoms with van der Waals surface area (Å²) >= 11 is 0. The van der Waals surface area contributed by atoms with Crippen molar-refractivity contribution in [3.8, 4) is 5.75 Å². The lowest BCUT2D eigenvalue weighted by atomic mass is 9.99. The number of hydrazone groups is 1. The van der Waals surface area contributed by atoms with E-state index in [9.17, 15) is 0 Å². The molecule has 0 radical (unpaired) electrons. The van der Waals surface area contributed by atoms with Gasteiger partial charge in [-0.15, -0.1) is 0 Å². The molecule has 0 aromatic heterocycles. The van der Waals surface area contributed by atoms with E-state index in [1.807, 2.05) is 24.3 Å². The van der Waals surface area contributed by atoms with Crippen LogP contribution in [0.1, 0.15) is 31.7 Å². The zero-order valence-electron chi connectivity index (χ0n) is 14.1. The second kappa shape index (κ2) is 7.53. The molecule has 0 amide bonds. The normalized spacial score (nSPS) is 24.7. The molecule has 2 aliphatic rings. The first kappa shape index (κ1) is 16.6. The van der Waals surface area contributed by atoms with Crippen molar-refractivity contribution in [2.45, 2.75) is 32.5 Å². The number of ether oxygens (including phenoxy) is 2. The number of nitrogens with zero attached hydrogens (tertiary/aromatic N) is 3. The second-order valence-electron chi connectivity index (χ2n) is 6.02. The monoisotopic (exact) mass is 332 g/mol. The number of benzene rings is 1. The van der Waals surface area contributed by atoms with E-state index in [1.165, 1.54) is 0 Å². The molecular formula is C17H24N4O3. The molecule has 0 aliphatic carbocycles. The summed E-state index contributed by atoms with van der Waals surface area (Å²) in [5.74, 6) is 1.24. The van der Waals surface area contributed by atoms with E-state index in [0.717, 1.165) is 36.3 Å². The van der Waals surface area contributed by atoms with Gasteiger partial charge < -0.3 is 20.0 Å². The number of hydrogen-bond acceptors (Lipinski definition) is 5. The summed E-state index contributed by atoms with van der Waals surface area (Å²) in [6, 6.07) is 7.83. The molecular weight excluding hydrogens is 308 g/mol. The average molecular weight is 332 g/mol. The molecule has 130 valence electrons. The summed E-state index contributed by atoms with van der Waals surface area (Å²) in [4.78, 5) is 5.38. The topological polar surface area (TPSA) is 81.7 Å². The Balaban J connectivity index is 1.72. The number of rotatable bonds is 4. The summed E-state index contributed by atoms with van der Waals surface area (Å²) in [6.45, 7) is 3.46. The summed E-state index contributed by atoms with van der Waals surface area (Å²) in [7, 11) is 1.66. The largest absolute Gasteiger partial charge is 0.496 e.